The van der Waals surface area contributed by atoms with Crippen LogP contribution in [0.2, 0.25) is 0 Å². The molecule has 0 fully saturated rings. The summed E-state index contributed by atoms with van der Waals surface area (Å²) in [6.07, 6.45) is 9.45. The number of nitrogens with one attached hydrogen (secondary N) is 1. The Hall–Kier alpha value is -1.61. The predicted octanol–water partition coefficient (Wildman–Crippen LogP) is 3.33. The number of aryl methyl sites for hydroxylation is 1. The fourth-order valence-corrected chi connectivity index (χ4v) is 2.15. The third-order valence-corrected chi connectivity index (χ3v) is 3.11. The molecule has 0 saturated heterocycles. The molecule has 0 aliphatic rings. The third-order valence-electron chi connectivity index (χ3n) is 3.11. The van der Waals surface area contributed by atoms with Crippen LogP contribution in [0.3, 0.4) is 0 Å². The maximum absolute atomic E-state index is 5.21. The Bertz CT molecular complexity index is 465. The molecule has 0 aromatic carbocycles. The molecule has 1 atom stereocenters. The predicted molar refractivity (Wildman–Crippen MR) is 72.5 cm³/mol. The standard InChI is InChI=1S/C15H20N2O/c1-3-7-17-15(13-6-9-18-11-13)14-5-8-16-10-12(14)4-2/h5-6,8-11,15,17H,3-4,7H2,1-2H3. The molecule has 1 N–H and O–H groups in total. The van der Waals surface area contributed by atoms with E-state index in [2.05, 4.69) is 30.2 Å². The van der Waals surface area contributed by atoms with E-state index >= 15 is 0 Å². The summed E-state index contributed by atoms with van der Waals surface area (Å²) in [6.45, 7) is 5.32. The van der Waals surface area contributed by atoms with Gasteiger partial charge < -0.3 is 9.73 Å². The van der Waals surface area contributed by atoms with Gasteiger partial charge in [0.25, 0.3) is 0 Å². The van der Waals surface area contributed by atoms with Crippen LogP contribution in [-0.4, -0.2) is 11.5 Å². The maximum atomic E-state index is 5.21. The van der Waals surface area contributed by atoms with Crippen LogP contribution in [0, 0.1) is 0 Å². The molecule has 0 aliphatic heterocycles. The maximum Gasteiger partial charge on any atom is 0.0953 e. The molecule has 2 aromatic rings. The number of pyridine rings is 1. The van der Waals surface area contributed by atoms with Crippen molar-refractivity contribution in [2.75, 3.05) is 6.54 Å². The molecule has 0 bridgehead atoms. The molecule has 2 heterocycles. The fourth-order valence-electron chi connectivity index (χ4n) is 2.15. The van der Waals surface area contributed by atoms with E-state index in [1.165, 1.54) is 16.7 Å². The smallest absolute Gasteiger partial charge is 0.0953 e. The van der Waals surface area contributed by atoms with Crippen molar-refractivity contribution < 1.29 is 4.42 Å². The largest absolute Gasteiger partial charge is 0.472 e. The van der Waals surface area contributed by atoms with Crippen molar-refractivity contribution >= 4 is 0 Å². The van der Waals surface area contributed by atoms with E-state index in [0.717, 1.165) is 19.4 Å². The highest BCUT2D eigenvalue weighted by molar-refractivity contribution is 5.34. The minimum absolute atomic E-state index is 0.196. The topological polar surface area (TPSA) is 38.1 Å². The first-order valence-electron chi connectivity index (χ1n) is 6.55. The van der Waals surface area contributed by atoms with Crippen LogP contribution < -0.4 is 5.32 Å². The van der Waals surface area contributed by atoms with E-state index in [9.17, 15) is 0 Å². The Morgan fingerprint density at radius 1 is 1.33 bits per heavy atom. The lowest BCUT2D eigenvalue weighted by Crippen LogP contribution is -2.23. The summed E-state index contributed by atoms with van der Waals surface area (Å²) in [5, 5.41) is 3.58. The van der Waals surface area contributed by atoms with E-state index in [1.807, 2.05) is 24.7 Å². The molecule has 96 valence electrons. The van der Waals surface area contributed by atoms with Crippen molar-refractivity contribution in [1.29, 1.82) is 0 Å². The Labute approximate surface area is 108 Å². The highest BCUT2D eigenvalue weighted by Gasteiger charge is 2.17. The van der Waals surface area contributed by atoms with Gasteiger partial charge in [0.05, 0.1) is 18.6 Å². The van der Waals surface area contributed by atoms with Crippen LogP contribution in [0.15, 0.2) is 41.5 Å². The van der Waals surface area contributed by atoms with Gasteiger partial charge in [0.1, 0.15) is 0 Å². The average Bonchev–Trinajstić information content (AvgIpc) is 2.94. The zero-order valence-corrected chi connectivity index (χ0v) is 11.0. The molecular formula is C15H20N2O. The second kappa shape index (κ2) is 6.36. The molecule has 1 unspecified atom stereocenters. The van der Waals surface area contributed by atoms with Gasteiger partial charge in [-0.2, -0.15) is 0 Å². The second-order valence-corrected chi connectivity index (χ2v) is 4.37. The summed E-state index contributed by atoms with van der Waals surface area (Å²) in [6, 6.07) is 4.31. The van der Waals surface area contributed by atoms with Crippen LogP contribution in [0.4, 0.5) is 0 Å². The van der Waals surface area contributed by atoms with Crippen molar-refractivity contribution in [3.63, 3.8) is 0 Å². The lowest BCUT2D eigenvalue weighted by Gasteiger charge is -2.20. The van der Waals surface area contributed by atoms with Gasteiger partial charge in [-0.15, -0.1) is 0 Å². The molecular weight excluding hydrogens is 224 g/mol. The second-order valence-electron chi connectivity index (χ2n) is 4.37. The van der Waals surface area contributed by atoms with Crippen LogP contribution in [0.1, 0.15) is 43.0 Å². The number of hydrogen-bond donors (Lipinski definition) is 1. The first-order valence-corrected chi connectivity index (χ1v) is 6.55. The minimum Gasteiger partial charge on any atom is -0.472 e. The Morgan fingerprint density at radius 3 is 2.89 bits per heavy atom. The molecule has 0 radical (unpaired) electrons. The number of nitrogens with zero attached hydrogens (tertiary/aromatic N) is 1. The fraction of sp³-hybridized carbons (Fsp3) is 0.400. The SMILES string of the molecule is CCCNC(c1ccoc1)c1ccncc1CC. The third kappa shape index (κ3) is 2.79. The quantitative estimate of drug-likeness (QED) is 0.847. The zero-order chi connectivity index (χ0) is 12.8. The van der Waals surface area contributed by atoms with Gasteiger partial charge in [0, 0.05) is 18.0 Å². The molecule has 3 heteroatoms. The average molecular weight is 244 g/mol. The van der Waals surface area contributed by atoms with Gasteiger partial charge in [-0.25, -0.2) is 0 Å². The van der Waals surface area contributed by atoms with Gasteiger partial charge in [-0.05, 0) is 42.6 Å². The van der Waals surface area contributed by atoms with Crippen LogP contribution >= 0.6 is 0 Å². The lowest BCUT2D eigenvalue weighted by molar-refractivity contribution is 0.547. The van der Waals surface area contributed by atoms with Gasteiger partial charge in [0.15, 0.2) is 0 Å². The number of aromatic nitrogens is 1. The molecule has 2 rings (SSSR count). The van der Waals surface area contributed by atoms with Crippen molar-refractivity contribution in [3.8, 4) is 0 Å². The van der Waals surface area contributed by atoms with Crippen LogP contribution in [0.25, 0.3) is 0 Å². The number of rotatable bonds is 6. The van der Waals surface area contributed by atoms with Crippen molar-refractivity contribution in [1.82, 2.24) is 10.3 Å². The first-order chi connectivity index (χ1) is 8.86. The Morgan fingerprint density at radius 2 is 2.22 bits per heavy atom. The van der Waals surface area contributed by atoms with E-state index in [1.54, 1.807) is 6.26 Å². The highest BCUT2D eigenvalue weighted by atomic mass is 16.3. The van der Waals surface area contributed by atoms with Gasteiger partial charge in [0.2, 0.25) is 0 Å². The van der Waals surface area contributed by atoms with E-state index < -0.39 is 0 Å². The van der Waals surface area contributed by atoms with Crippen molar-refractivity contribution in [2.24, 2.45) is 0 Å². The molecule has 3 nitrogen and oxygen atoms in total. The molecule has 0 amide bonds. The van der Waals surface area contributed by atoms with Gasteiger partial charge >= 0.3 is 0 Å². The summed E-state index contributed by atoms with van der Waals surface area (Å²) >= 11 is 0. The van der Waals surface area contributed by atoms with Gasteiger partial charge in [-0.1, -0.05) is 13.8 Å². The summed E-state index contributed by atoms with van der Waals surface area (Å²) < 4.78 is 5.21. The highest BCUT2D eigenvalue weighted by Crippen LogP contribution is 2.25. The molecule has 0 saturated carbocycles. The number of furan rings is 1. The lowest BCUT2D eigenvalue weighted by atomic mass is 9.96. The summed E-state index contributed by atoms with van der Waals surface area (Å²) in [4.78, 5) is 4.21. The molecule has 2 aromatic heterocycles. The molecule has 0 aliphatic carbocycles. The zero-order valence-electron chi connectivity index (χ0n) is 11.0. The van der Waals surface area contributed by atoms with E-state index in [0.29, 0.717) is 0 Å². The van der Waals surface area contributed by atoms with Crippen molar-refractivity contribution in [3.05, 3.63) is 53.7 Å². The number of hydrogen-bond acceptors (Lipinski definition) is 3. The molecule has 18 heavy (non-hydrogen) atoms. The minimum atomic E-state index is 0.196. The normalized spacial score (nSPS) is 12.6. The van der Waals surface area contributed by atoms with Crippen molar-refractivity contribution in [2.45, 2.75) is 32.7 Å². The van der Waals surface area contributed by atoms with Gasteiger partial charge in [-0.3, -0.25) is 4.98 Å². The summed E-state index contributed by atoms with van der Waals surface area (Å²) in [7, 11) is 0. The summed E-state index contributed by atoms with van der Waals surface area (Å²) in [5.74, 6) is 0. The monoisotopic (exact) mass is 244 g/mol. The van der Waals surface area contributed by atoms with E-state index in [-0.39, 0.29) is 6.04 Å². The van der Waals surface area contributed by atoms with Crippen LogP contribution in [-0.2, 0) is 6.42 Å². The van der Waals surface area contributed by atoms with Crippen LogP contribution in [0.5, 0.6) is 0 Å². The molecule has 0 spiro atoms. The first kappa shape index (κ1) is 12.8. The Kier molecular flexibility index (Phi) is 4.53. The van der Waals surface area contributed by atoms with E-state index in [4.69, 9.17) is 4.42 Å². The summed E-state index contributed by atoms with van der Waals surface area (Å²) in [5.41, 5.74) is 3.75. The Balaban J connectivity index is 2.33.